The molecule has 0 amide bonds. The van der Waals surface area contributed by atoms with Crippen molar-refractivity contribution < 1.29 is 23.8 Å². The van der Waals surface area contributed by atoms with Gasteiger partial charge in [-0.05, 0) is 39.0 Å². The largest absolute Gasteiger partial charge is 0.478 e. The summed E-state index contributed by atoms with van der Waals surface area (Å²) in [5, 5.41) is 9.27. The molecule has 0 aliphatic heterocycles. The van der Waals surface area contributed by atoms with Crippen molar-refractivity contribution in [2.24, 2.45) is 0 Å². The lowest BCUT2D eigenvalue weighted by atomic mass is 10.2. The fourth-order valence-electron chi connectivity index (χ4n) is 1.83. The molecule has 0 aliphatic rings. The van der Waals surface area contributed by atoms with Crippen molar-refractivity contribution in [3.63, 3.8) is 0 Å². The number of fused-ring (bicyclic) bond motifs is 1. The Labute approximate surface area is 114 Å². The van der Waals surface area contributed by atoms with E-state index < -0.39 is 23.5 Å². The van der Waals surface area contributed by atoms with Crippen molar-refractivity contribution in [2.45, 2.75) is 26.4 Å². The van der Waals surface area contributed by atoms with Gasteiger partial charge < -0.3 is 9.84 Å². The van der Waals surface area contributed by atoms with Crippen molar-refractivity contribution in [1.82, 2.24) is 4.57 Å². The maximum Gasteiger partial charge on any atom is 0.419 e. The lowest BCUT2D eigenvalue weighted by Gasteiger charge is -2.19. The van der Waals surface area contributed by atoms with E-state index in [0.717, 1.165) is 22.9 Å². The van der Waals surface area contributed by atoms with Crippen molar-refractivity contribution in [2.75, 3.05) is 0 Å². The van der Waals surface area contributed by atoms with Gasteiger partial charge in [-0.15, -0.1) is 0 Å². The first-order chi connectivity index (χ1) is 9.19. The van der Waals surface area contributed by atoms with Gasteiger partial charge in [-0.3, -0.25) is 4.57 Å². The summed E-state index contributed by atoms with van der Waals surface area (Å²) in [7, 11) is 0. The van der Waals surface area contributed by atoms with E-state index in [1.807, 2.05) is 0 Å². The Morgan fingerprint density at radius 3 is 2.50 bits per heavy atom. The van der Waals surface area contributed by atoms with E-state index in [1.165, 1.54) is 6.07 Å². The predicted molar refractivity (Wildman–Crippen MR) is 70.5 cm³/mol. The summed E-state index contributed by atoms with van der Waals surface area (Å²) in [4.78, 5) is 23.2. The number of aromatic nitrogens is 1. The molecule has 1 N–H and O–H groups in total. The number of hydrogen-bond acceptors (Lipinski definition) is 3. The van der Waals surface area contributed by atoms with Gasteiger partial charge >= 0.3 is 12.1 Å². The second kappa shape index (κ2) is 4.63. The number of carboxylic acids is 1. The summed E-state index contributed by atoms with van der Waals surface area (Å²) in [5.74, 6) is -1.80. The van der Waals surface area contributed by atoms with Gasteiger partial charge in [0.2, 0.25) is 0 Å². The highest BCUT2D eigenvalue weighted by Crippen LogP contribution is 2.24. The molecule has 2 aromatic rings. The van der Waals surface area contributed by atoms with E-state index in [1.54, 1.807) is 20.8 Å². The number of aromatic carboxylic acids is 1. The number of ether oxygens (including phenoxy) is 1. The summed E-state index contributed by atoms with van der Waals surface area (Å²) in [5.41, 5.74) is -0.569. The molecule has 0 atom stereocenters. The van der Waals surface area contributed by atoms with Crippen LogP contribution in [-0.2, 0) is 4.74 Å². The van der Waals surface area contributed by atoms with E-state index in [-0.39, 0.29) is 16.5 Å². The minimum atomic E-state index is -1.23. The number of nitrogens with zero attached hydrogens (tertiary/aromatic N) is 1. The minimum Gasteiger partial charge on any atom is -0.478 e. The SMILES string of the molecule is CC(C)(C)OC(=O)n1cc(C(=O)O)c2cc(F)ccc21. The van der Waals surface area contributed by atoms with E-state index in [0.29, 0.717) is 0 Å². The second-order valence-electron chi connectivity index (χ2n) is 5.36. The van der Waals surface area contributed by atoms with Crippen LogP contribution in [0.15, 0.2) is 24.4 Å². The number of hydrogen-bond donors (Lipinski definition) is 1. The molecule has 0 fully saturated rings. The molecule has 2 rings (SSSR count). The molecule has 5 nitrogen and oxygen atoms in total. The van der Waals surface area contributed by atoms with Crippen LogP contribution in [0.1, 0.15) is 31.1 Å². The summed E-state index contributed by atoms with van der Waals surface area (Å²) in [6.45, 7) is 5.11. The molecular formula is C14H14FNO4. The molecule has 0 spiro atoms. The maximum atomic E-state index is 13.2. The summed E-state index contributed by atoms with van der Waals surface area (Å²) in [6, 6.07) is 3.59. The van der Waals surface area contributed by atoms with Gasteiger partial charge in [-0.2, -0.15) is 0 Å². The van der Waals surface area contributed by atoms with Crippen LogP contribution in [0.2, 0.25) is 0 Å². The smallest absolute Gasteiger partial charge is 0.419 e. The van der Waals surface area contributed by atoms with Crippen molar-refractivity contribution in [3.8, 4) is 0 Å². The van der Waals surface area contributed by atoms with Crippen molar-refractivity contribution in [1.29, 1.82) is 0 Å². The normalized spacial score (nSPS) is 11.6. The standard InChI is InChI=1S/C14H14FNO4/c1-14(2,3)20-13(19)16-7-10(12(17)18)9-6-8(15)4-5-11(9)16/h4-7H,1-3H3,(H,17,18). The molecule has 0 unspecified atom stereocenters. The van der Waals surface area contributed by atoms with E-state index in [4.69, 9.17) is 9.84 Å². The van der Waals surface area contributed by atoms with Crippen LogP contribution in [0.25, 0.3) is 10.9 Å². The lowest BCUT2D eigenvalue weighted by molar-refractivity contribution is 0.0544. The summed E-state index contributed by atoms with van der Waals surface area (Å²) in [6.07, 6.45) is 0.433. The molecule has 0 saturated heterocycles. The van der Waals surface area contributed by atoms with Crippen LogP contribution in [0.3, 0.4) is 0 Å². The van der Waals surface area contributed by atoms with E-state index in [2.05, 4.69) is 0 Å². The minimum absolute atomic E-state index is 0.148. The zero-order chi connectivity index (χ0) is 15.1. The average molecular weight is 279 g/mol. The molecule has 6 heteroatoms. The first kappa shape index (κ1) is 14.0. The van der Waals surface area contributed by atoms with Crippen LogP contribution in [0, 0.1) is 5.82 Å². The zero-order valence-corrected chi connectivity index (χ0v) is 11.3. The first-order valence-electron chi connectivity index (χ1n) is 5.96. The lowest BCUT2D eigenvalue weighted by Crippen LogP contribution is -2.26. The van der Waals surface area contributed by atoms with Crippen LogP contribution < -0.4 is 0 Å². The molecular weight excluding hydrogens is 265 g/mol. The monoisotopic (exact) mass is 279 g/mol. The van der Waals surface area contributed by atoms with E-state index in [9.17, 15) is 14.0 Å². The molecule has 20 heavy (non-hydrogen) atoms. The Balaban J connectivity index is 2.60. The number of halogens is 1. The van der Waals surface area contributed by atoms with Crippen molar-refractivity contribution in [3.05, 3.63) is 35.8 Å². The molecule has 0 aliphatic carbocycles. The maximum absolute atomic E-state index is 13.2. The number of carboxylic acid groups (broad SMARTS) is 1. The van der Waals surface area contributed by atoms with Gasteiger partial charge in [0.25, 0.3) is 0 Å². The average Bonchev–Trinajstić information content (AvgIpc) is 2.65. The number of rotatable bonds is 1. The van der Waals surface area contributed by atoms with Gasteiger partial charge in [0.1, 0.15) is 11.4 Å². The predicted octanol–water partition coefficient (Wildman–Crippen LogP) is 3.26. The summed E-state index contributed by atoms with van der Waals surface area (Å²) < 4.78 is 19.5. The molecule has 0 saturated carbocycles. The Morgan fingerprint density at radius 2 is 1.95 bits per heavy atom. The molecule has 106 valence electrons. The van der Waals surface area contributed by atoms with Gasteiger partial charge in [0.05, 0.1) is 11.1 Å². The number of carbonyl (C=O) groups is 2. The van der Waals surface area contributed by atoms with Crippen LogP contribution in [0.5, 0.6) is 0 Å². The second-order valence-corrected chi connectivity index (χ2v) is 5.36. The quantitative estimate of drug-likeness (QED) is 0.869. The third kappa shape index (κ3) is 2.64. The number of benzene rings is 1. The van der Waals surface area contributed by atoms with Crippen molar-refractivity contribution >= 4 is 23.0 Å². The van der Waals surface area contributed by atoms with Gasteiger partial charge in [-0.1, -0.05) is 0 Å². The highest BCUT2D eigenvalue weighted by Gasteiger charge is 2.22. The first-order valence-corrected chi connectivity index (χ1v) is 5.96. The Hall–Kier alpha value is -2.37. The van der Waals surface area contributed by atoms with Crippen LogP contribution >= 0.6 is 0 Å². The van der Waals surface area contributed by atoms with Gasteiger partial charge in [0.15, 0.2) is 0 Å². The Morgan fingerprint density at radius 1 is 1.30 bits per heavy atom. The highest BCUT2D eigenvalue weighted by molar-refractivity contribution is 6.05. The molecule has 1 aromatic carbocycles. The molecule has 0 bridgehead atoms. The third-order valence-corrected chi connectivity index (χ3v) is 2.59. The highest BCUT2D eigenvalue weighted by atomic mass is 19.1. The van der Waals surface area contributed by atoms with Crippen LogP contribution in [-0.4, -0.2) is 27.3 Å². The Kier molecular flexibility index (Phi) is 3.25. The number of carbonyl (C=O) groups excluding carboxylic acids is 1. The third-order valence-electron chi connectivity index (χ3n) is 2.59. The fraction of sp³-hybridized carbons (Fsp3) is 0.286. The molecule has 0 radical (unpaired) electrons. The molecule has 1 heterocycles. The topological polar surface area (TPSA) is 68.5 Å². The zero-order valence-electron chi connectivity index (χ0n) is 11.3. The summed E-state index contributed by atoms with van der Waals surface area (Å²) >= 11 is 0. The fourth-order valence-corrected chi connectivity index (χ4v) is 1.83. The van der Waals surface area contributed by atoms with Crippen LogP contribution in [0.4, 0.5) is 9.18 Å². The van der Waals surface area contributed by atoms with Gasteiger partial charge in [0, 0.05) is 11.6 Å². The molecule has 1 aromatic heterocycles. The van der Waals surface area contributed by atoms with Gasteiger partial charge in [-0.25, -0.2) is 14.0 Å². The van der Waals surface area contributed by atoms with E-state index >= 15 is 0 Å². The Bertz CT molecular complexity index is 697.